The summed E-state index contributed by atoms with van der Waals surface area (Å²) < 4.78 is 30.1. The van der Waals surface area contributed by atoms with Gasteiger partial charge in [-0.05, 0) is 19.1 Å². The zero-order chi connectivity index (χ0) is 10.7. The van der Waals surface area contributed by atoms with Crippen molar-refractivity contribution in [3.63, 3.8) is 0 Å². The number of carbonyl (C=O) groups is 1. The van der Waals surface area contributed by atoms with Crippen LogP contribution in [-0.2, 0) is 4.79 Å². The number of hydrogen-bond acceptors (Lipinski definition) is 2. The lowest BCUT2D eigenvalue weighted by atomic mass is 10.3. The van der Waals surface area contributed by atoms with Gasteiger partial charge in [-0.2, -0.15) is 0 Å². The number of carboxylic acids is 1. The van der Waals surface area contributed by atoms with E-state index in [1.54, 1.807) is 0 Å². The summed E-state index contributed by atoms with van der Waals surface area (Å²) in [6.45, 7) is 1.26. The largest absolute Gasteiger partial charge is 0.479 e. The van der Waals surface area contributed by atoms with E-state index in [4.69, 9.17) is 9.84 Å². The third-order valence-corrected chi connectivity index (χ3v) is 1.55. The highest BCUT2D eigenvalue weighted by molar-refractivity contribution is 5.72. The van der Waals surface area contributed by atoms with Gasteiger partial charge in [-0.3, -0.25) is 0 Å². The number of ether oxygens (including phenoxy) is 1. The first kappa shape index (κ1) is 10.4. The first-order valence-corrected chi connectivity index (χ1v) is 3.85. The van der Waals surface area contributed by atoms with E-state index in [1.807, 2.05) is 0 Å². The molecule has 0 heterocycles. The molecule has 5 heteroatoms. The Labute approximate surface area is 78.9 Å². The van der Waals surface area contributed by atoms with Crippen LogP contribution in [0.3, 0.4) is 0 Å². The Morgan fingerprint density at radius 2 is 2.14 bits per heavy atom. The normalized spacial score (nSPS) is 12.2. The summed E-state index contributed by atoms with van der Waals surface area (Å²) in [6, 6.07) is 2.67. The number of rotatable bonds is 3. The molecular formula is C9H8F2O3. The Kier molecular flexibility index (Phi) is 3.01. The minimum Gasteiger partial charge on any atom is -0.479 e. The van der Waals surface area contributed by atoms with Crippen LogP contribution in [0.5, 0.6) is 5.75 Å². The van der Waals surface area contributed by atoms with E-state index in [2.05, 4.69) is 0 Å². The van der Waals surface area contributed by atoms with Crippen molar-refractivity contribution >= 4 is 5.97 Å². The number of halogens is 2. The predicted octanol–water partition coefficient (Wildman–Crippen LogP) is 1.82. The second-order valence-corrected chi connectivity index (χ2v) is 2.67. The molecule has 0 radical (unpaired) electrons. The molecule has 1 atom stereocenters. The molecule has 1 rings (SSSR count). The topological polar surface area (TPSA) is 46.5 Å². The lowest BCUT2D eigenvalue weighted by Gasteiger charge is -2.10. The van der Waals surface area contributed by atoms with Gasteiger partial charge < -0.3 is 9.84 Å². The SMILES string of the molecule is C[C@H](Oc1ccc(F)cc1F)C(=O)O. The average molecular weight is 202 g/mol. The minimum absolute atomic E-state index is 0.277. The average Bonchev–Trinajstić information content (AvgIpc) is 2.09. The smallest absolute Gasteiger partial charge is 0.344 e. The molecule has 3 nitrogen and oxygen atoms in total. The van der Waals surface area contributed by atoms with E-state index in [9.17, 15) is 13.6 Å². The highest BCUT2D eigenvalue weighted by Gasteiger charge is 2.15. The third-order valence-electron chi connectivity index (χ3n) is 1.55. The summed E-state index contributed by atoms with van der Waals surface area (Å²) in [5, 5.41) is 8.47. The van der Waals surface area contributed by atoms with Gasteiger partial charge in [-0.15, -0.1) is 0 Å². The van der Waals surface area contributed by atoms with Crippen molar-refractivity contribution in [2.45, 2.75) is 13.0 Å². The van der Waals surface area contributed by atoms with Crippen LogP contribution in [0, 0.1) is 11.6 Å². The molecule has 0 unspecified atom stereocenters. The van der Waals surface area contributed by atoms with E-state index in [0.717, 1.165) is 12.1 Å². The number of benzene rings is 1. The van der Waals surface area contributed by atoms with Crippen LogP contribution < -0.4 is 4.74 Å². The molecule has 0 aliphatic carbocycles. The number of hydrogen-bond donors (Lipinski definition) is 1. The van der Waals surface area contributed by atoms with Gasteiger partial charge in [0.2, 0.25) is 0 Å². The summed E-state index contributed by atoms with van der Waals surface area (Å²) in [6.07, 6.45) is -1.17. The van der Waals surface area contributed by atoms with Gasteiger partial charge in [0.25, 0.3) is 0 Å². The summed E-state index contributed by atoms with van der Waals surface area (Å²) in [5.41, 5.74) is 0. The molecule has 0 saturated heterocycles. The van der Waals surface area contributed by atoms with Crippen molar-refractivity contribution in [2.24, 2.45) is 0 Å². The summed E-state index contributed by atoms with van der Waals surface area (Å²) >= 11 is 0. The molecule has 14 heavy (non-hydrogen) atoms. The lowest BCUT2D eigenvalue weighted by molar-refractivity contribution is -0.144. The summed E-state index contributed by atoms with van der Waals surface area (Å²) in [5.74, 6) is -3.15. The molecule has 0 fully saturated rings. The predicted molar refractivity (Wildman–Crippen MR) is 44.1 cm³/mol. The van der Waals surface area contributed by atoms with Crippen LogP contribution in [0.25, 0.3) is 0 Å². The standard InChI is InChI=1S/C9H8F2O3/c1-5(9(12)13)14-8-3-2-6(10)4-7(8)11/h2-5H,1H3,(H,12,13)/t5-/m0/s1. The fourth-order valence-corrected chi connectivity index (χ4v) is 0.812. The highest BCUT2D eigenvalue weighted by atomic mass is 19.1. The Morgan fingerprint density at radius 1 is 1.50 bits per heavy atom. The van der Waals surface area contributed by atoms with Gasteiger partial charge in [0.1, 0.15) is 5.82 Å². The first-order valence-electron chi connectivity index (χ1n) is 3.85. The van der Waals surface area contributed by atoms with Crippen LogP contribution in [-0.4, -0.2) is 17.2 Å². The quantitative estimate of drug-likeness (QED) is 0.813. The van der Waals surface area contributed by atoms with Crippen LogP contribution in [0.2, 0.25) is 0 Å². The van der Waals surface area contributed by atoms with Gasteiger partial charge >= 0.3 is 5.97 Å². The van der Waals surface area contributed by atoms with Crippen molar-refractivity contribution in [1.82, 2.24) is 0 Å². The molecule has 0 aliphatic heterocycles. The number of carboxylic acid groups (broad SMARTS) is 1. The van der Waals surface area contributed by atoms with Gasteiger partial charge in [-0.25, -0.2) is 13.6 Å². The summed E-state index contributed by atoms with van der Waals surface area (Å²) in [4.78, 5) is 10.4. The molecule has 0 saturated carbocycles. The number of aliphatic carboxylic acids is 1. The molecule has 0 amide bonds. The molecular weight excluding hydrogens is 194 g/mol. The van der Waals surface area contributed by atoms with Crippen LogP contribution >= 0.6 is 0 Å². The Balaban J connectivity index is 2.82. The third kappa shape index (κ3) is 2.42. The highest BCUT2D eigenvalue weighted by Crippen LogP contribution is 2.18. The molecule has 1 aromatic carbocycles. The molecule has 1 N–H and O–H groups in total. The maximum absolute atomic E-state index is 12.9. The molecule has 0 aliphatic rings. The second kappa shape index (κ2) is 4.04. The maximum Gasteiger partial charge on any atom is 0.344 e. The molecule has 0 aromatic heterocycles. The minimum atomic E-state index is -1.21. The van der Waals surface area contributed by atoms with Crippen molar-refractivity contribution in [3.05, 3.63) is 29.8 Å². The summed E-state index contributed by atoms with van der Waals surface area (Å²) in [7, 11) is 0. The molecule has 76 valence electrons. The van der Waals surface area contributed by atoms with E-state index in [0.29, 0.717) is 6.07 Å². The van der Waals surface area contributed by atoms with Crippen LogP contribution in [0.15, 0.2) is 18.2 Å². The van der Waals surface area contributed by atoms with Crippen LogP contribution in [0.4, 0.5) is 8.78 Å². The van der Waals surface area contributed by atoms with Crippen LogP contribution in [0.1, 0.15) is 6.92 Å². The fourth-order valence-electron chi connectivity index (χ4n) is 0.812. The van der Waals surface area contributed by atoms with E-state index >= 15 is 0 Å². The van der Waals surface area contributed by atoms with Gasteiger partial charge in [0.15, 0.2) is 17.7 Å². The van der Waals surface area contributed by atoms with Gasteiger partial charge in [0.05, 0.1) is 0 Å². The fraction of sp³-hybridized carbons (Fsp3) is 0.222. The van der Waals surface area contributed by atoms with Crippen molar-refractivity contribution < 1.29 is 23.4 Å². The Morgan fingerprint density at radius 3 is 2.64 bits per heavy atom. The van der Waals surface area contributed by atoms with Crippen molar-refractivity contribution in [3.8, 4) is 5.75 Å². The monoisotopic (exact) mass is 202 g/mol. The molecule has 1 aromatic rings. The molecule has 0 spiro atoms. The van der Waals surface area contributed by atoms with Gasteiger partial charge in [0, 0.05) is 6.07 Å². The van der Waals surface area contributed by atoms with Gasteiger partial charge in [-0.1, -0.05) is 0 Å². The zero-order valence-electron chi connectivity index (χ0n) is 7.33. The van der Waals surface area contributed by atoms with E-state index in [-0.39, 0.29) is 5.75 Å². The lowest BCUT2D eigenvalue weighted by Crippen LogP contribution is -2.23. The zero-order valence-corrected chi connectivity index (χ0v) is 7.33. The molecule has 0 bridgehead atoms. The Hall–Kier alpha value is -1.65. The van der Waals surface area contributed by atoms with E-state index in [1.165, 1.54) is 6.92 Å². The van der Waals surface area contributed by atoms with Crippen molar-refractivity contribution in [1.29, 1.82) is 0 Å². The maximum atomic E-state index is 12.9. The Bertz CT molecular complexity index is 352. The second-order valence-electron chi connectivity index (χ2n) is 2.67. The first-order chi connectivity index (χ1) is 6.50. The van der Waals surface area contributed by atoms with Crippen molar-refractivity contribution in [2.75, 3.05) is 0 Å². The van der Waals surface area contributed by atoms with E-state index < -0.39 is 23.7 Å².